The molecule has 1 aromatic carbocycles. The van der Waals surface area contributed by atoms with Crippen molar-refractivity contribution in [2.75, 3.05) is 18.6 Å². The van der Waals surface area contributed by atoms with Crippen molar-refractivity contribution in [1.82, 2.24) is 5.32 Å². The molecule has 1 unspecified atom stereocenters. The van der Waals surface area contributed by atoms with Gasteiger partial charge in [0.1, 0.15) is 5.82 Å². The Labute approximate surface area is 107 Å². The fourth-order valence-corrected chi connectivity index (χ4v) is 2.56. The van der Waals surface area contributed by atoms with Crippen LogP contribution in [0.25, 0.3) is 0 Å². The van der Waals surface area contributed by atoms with Gasteiger partial charge in [0.05, 0.1) is 0 Å². The Balaban J connectivity index is 1.90. The molecule has 0 aliphatic heterocycles. The first-order valence-electron chi connectivity index (χ1n) is 6.29. The van der Waals surface area contributed by atoms with E-state index in [2.05, 4.69) is 11.6 Å². The Kier molecular flexibility index (Phi) is 4.86. The second kappa shape index (κ2) is 6.41. The van der Waals surface area contributed by atoms with Gasteiger partial charge in [-0.2, -0.15) is 11.8 Å². The second-order valence-corrected chi connectivity index (χ2v) is 5.65. The van der Waals surface area contributed by atoms with Crippen molar-refractivity contribution in [3.63, 3.8) is 0 Å². The van der Waals surface area contributed by atoms with Crippen LogP contribution < -0.4 is 5.32 Å². The third kappa shape index (κ3) is 4.00. The molecule has 0 radical (unpaired) electrons. The zero-order valence-electron chi connectivity index (χ0n) is 10.3. The molecule has 1 fully saturated rings. The van der Waals surface area contributed by atoms with Crippen molar-refractivity contribution in [3.05, 3.63) is 35.6 Å². The summed E-state index contributed by atoms with van der Waals surface area (Å²) in [5, 5.41) is 3.62. The Morgan fingerprint density at radius 1 is 1.35 bits per heavy atom. The summed E-state index contributed by atoms with van der Waals surface area (Å²) >= 11 is 1.89. The molecule has 0 bridgehead atoms. The van der Waals surface area contributed by atoms with Crippen molar-refractivity contribution in [1.29, 1.82) is 0 Å². The third-order valence-electron chi connectivity index (χ3n) is 3.21. The largest absolute Gasteiger partial charge is 0.310 e. The van der Waals surface area contributed by atoms with Crippen LogP contribution in [0.5, 0.6) is 0 Å². The summed E-state index contributed by atoms with van der Waals surface area (Å²) in [4.78, 5) is 0. The quantitative estimate of drug-likeness (QED) is 0.745. The Hall–Kier alpha value is -0.540. The number of hydrogen-bond donors (Lipinski definition) is 1. The van der Waals surface area contributed by atoms with Crippen LogP contribution in [0.15, 0.2) is 24.3 Å². The number of thioether (sulfide) groups is 1. The maximum absolute atomic E-state index is 12.9. The summed E-state index contributed by atoms with van der Waals surface area (Å²) in [5.74, 6) is 1.81. The van der Waals surface area contributed by atoms with Gasteiger partial charge in [0.25, 0.3) is 0 Å². The number of hydrogen-bond acceptors (Lipinski definition) is 2. The van der Waals surface area contributed by atoms with E-state index in [1.807, 2.05) is 23.9 Å². The average molecular weight is 253 g/mol. The number of benzene rings is 1. The minimum absolute atomic E-state index is 0.148. The van der Waals surface area contributed by atoms with E-state index in [-0.39, 0.29) is 5.82 Å². The van der Waals surface area contributed by atoms with E-state index in [1.165, 1.54) is 30.6 Å². The van der Waals surface area contributed by atoms with Gasteiger partial charge >= 0.3 is 0 Å². The maximum Gasteiger partial charge on any atom is 0.123 e. The first-order chi connectivity index (χ1) is 8.31. The molecule has 0 aromatic heterocycles. The molecule has 0 saturated heterocycles. The highest BCUT2D eigenvalue weighted by Crippen LogP contribution is 2.40. The minimum atomic E-state index is -0.148. The van der Waals surface area contributed by atoms with Gasteiger partial charge in [0.2, 0.25) is 0 Å². The van der Waals surface area contributed by atoms with Gasteiger partial charge in [-0.1, -0.05) is 12.1 Å². The molecule has 1 atom stereocenters. The lowest BCUT2D eigenvalue weighted by molar-refractivity contribution is 0.481. The summed E-state index contributed by atoms with van der Waals surface area (Å²) < 4.78 is 12.9. The zero-order valence-corrected chi connectivity index (χ0v) is 11.1. The number of rotatable bonds is 7. The summed E-state index contributed by atoms with van der Waals surface area (Å²) in [6, 6.07) is 7.39. The van der Waals surface area contributed by atoms with Crippen LogP contribution in [-0.4, -0.2) is 18.6 Å². The molecule has 2 rings (SSSR count). The fourth-order valence-electron chi connectivity index (χ4n) is 2.13. The van der Waals surface area contributed by atoms with Gasteiger partial charge in [0.15, 0.2) is 0 Å². The Morgan fingerprint density at radius 2 is 2.06 bits per heavy atom. The highest BCUT2D eigenvalue weighted by Gasteiger charge is 2.31. The van der Waals surface area contributed by atoms with Crippen molar-refractivity contribution < 1.29 is 4.39 Å². The SMILES string of the molecule is CSCCCNC(c1ccc(F)cc1)C1CC1. The molecule has 1 saturated carbocycles. The first-order valence-corrected chi connectivity index (χ1v) is 7.68. The molecule has 1 aromatic rings. The van der Waals surface area contributed by atoms with Crippen LogP contribution in [0.4, 0.5) is 4.39 Å². The van der Waals surface area contributed by atoms with Gasteiger partial charge in [-0.05, 0) is 61.4 Å². The average Bonchev–Trinajstić information content (AvgIpc) is 3.15. The predicted molar refractivity (Wildman–Crippen MR) is 72.9 cm³/mol. The van der Waals surface area contributed by atoms with Crippen LogP contribution >= 0.6 is 11.8 Å². The van der Waals surface area contributed by atoms with E-state index in [9.17, 15) is 4.39 Å². The van der Waals surface area contributed by atoms with Crippen LogP contribution in [0.3, 0.4) is 0 Å². The van der Waals surface area contributed by atoms with Crippen molar-refractivity contribution in [2.45, 2.75) is 25.3 Å². The van der Waals surface area contributed by atoms with E-state index in [0.29, 0.717) is 6.04 Å². The van der Waals surface area contributed by atoms with Crippen molar-refractivity contribution in [2.24, 2.45) is 5.92 Å². The lowest BCUT2D eigenvalue weighted by atomic mass is 10.0. The van der Waals surface area contributed by atoms with E-state index in [0.717, 1.165) is 12.5 Å². The van der Waals surface area contributed by atoms with Gasteiger partial charge in [-0.3, -0.25) is 0 Å². The molecule has 0 heterocycles. The van der Waals surface area contributed by atoms with Gasteiger partial charge in [0, 0.05) is 6.04 Å². The van der Waals surface area contributed by atoms with Gasteiger partial charge in [-0.15, -0.1) is 0 Å². The monoisotopic (exact) mass is 253 g/mol. The van der Waals surface area contributed by atoms with Crippen molar-refractivity contribution in [3.8, 4) is 0 Å². The topological polar surface area (TPSA) is 12.0 Å². The Morgan fingerprint density at radius 3 is 2.65 bits per heavy atom. The fraction of sp³-hybridized carbons (Fsp3) is 0.571. The summed E-state index contributed by atoms with van der Waals surface area (Å²) in [7, 11) is 0. The molecule has 1 aliphatic carbocycles. The summed E-state index contributed by atoms with van der Waals surface area (Å²) in [6.45, 7) is 1.05. The lowest BCUT2D eigenvalue weighted by Crippen LogP contribution is -2.24. The summed E-state index contributed by atoms with van der Waals surface area (Å²) in [5.41, 5.74) is 1.23. The highest BCUT2D eigenvalue weighted by molar-refractivity contribution is 7.98. The Bertz CT molecular complexity index is 335. The van der Waals surface area contributed by atoms with Crippen molar-refractivity contribution >= 4 is 11.8 Å². The van der Waals surface area contributed by atoms with Gasteiger partial charge < -0.3 is 5.32 Å². The standard InChI is InChI=1S/C14H20FNS/c1-17-10-2-9-16-14(11-3-4-11)12-5-7-13(15)8-6-12/h5-8,11,14,16H,2-4,9-10H2,1H3. The molecule has 94 valence electrons. The molecule has 1 aliphatic rings. The van der Waals surface area contributed by atoms with E-state index < -0.39 is 0 Å². The van der Waals surface area contributed by atoms with Crippen LogP contribution in [0.2, 0.25) is 0 Å². The molecular weight excluding hydrogens is 233 g/mol. The molecule has 3 heteroatoms. The van der Waals surface area contributed by atoms with E-state index in [4.69, 9.17) is 0 Å². The van der Waals surface area contributed by atoms with E-state index in [1.54, 1.807) is 12.1 Å². The van der Waals surface area contributed by atoms with Gasteiger partial charge in [-0.25, -0.2) is 4.39 Å². The molecule has 1 nitrogen and oxygen atoms in total. The number of nitrogens with one attached hydrogen (secondary N) is 1. The second-order valence-electron chi connectivity index (χ2n) is 4.67. The van der Waals surface area contributed by atoms with Crippen LogP contribution in [0, 0.1) is 11.7 Å². The number of halogens is 1. The molecule has 0 amide bonds. The third-order valence-corrected chi connectivity index (χ3v) is 3.91. The molecular formula is C14H20FNS. The minimum Gasteiger partial charge on any atom is -0.310 e. The lowest BCUT2D eigenvalue weighted by Gasteiger charge is -2.18. The van der Waals surface area contributed by atoms with E-state index >= 15 is 0 Å². The molecule has 0 spiro atoms. The first kappa shape index (κ1) is 12.9. The highest BCUT2D eigenvalue weighted by atomic mass is 32.2. The zero-order chi connectivity index (χ0) is 12.1. The smallest absolute Gasteiger partial charge is 0.123 e. The van der Waals surface area contributed by atoms with Crippen LogP contribution in [-0.2, 0) is 0 Å². The summed E-state index contributed by atoms with van der Waals surface area (Å²) in [6.07, 6.45) is 5.94. The normalized spacial score (nSPS) is 17.1. The van der Waals surface area contributed by atoms with Crippen LogP contribution in [0.1, 0.15) is 30.9 Å². The predicted octanol–water partition coefficient (Wildman–Crippen LogP) is 3.62. The maximum atomic E-state index is 12.9. The molecule has 17 heavy (non-hydrogen) atoms. The molecule has 1 N–H and O–H groups in total.